The molecule has 4 aromatic heterocycles. The van der Waals surface area contributed by atoms with E-state index in [-0.39, 0.29) is 40.4 Å². The number of aromatic carboxylic acids is 1. The molecule has 2 aliphatic rings. The molecule has 1 aromatic carbocycles. The number of halogens is 1. The molecule has 1 saturated heterocycles. The number of fused-ring (bicyclic) bond motifs is 2. The molecule has 1 aliphatic carbocycles. The summed E-state index contributed by atoms with van der Waals surface area (Å²) in [5, 5.41) is 22.0. The lowest BCUT2D eigenvalue weighted by Crippen LogP contribution is -2.54. The van der Waals surface area contributed by atoms with Gasteiger partial charge in [0.25, 0.3) is 5.56 Å². The van der Waals surface area contributed by atoms with Crippen molar-refractivity contribution in [1.29, 1.82) is 5.26 Å². The van der Waals surface area contributed by atoms with Gasteiger partial charge in [0.1, 0.15) is 33.1 Å². The Hall–Kier alpha value is -4.86. The molecule has 5 aromatic rings. The molecule has 0 atom stereocenters. The molecule has 0 radical (unpaired) electrons. The number of pyridine rings is 2. The summed E-state index contributed by atoms with van der Waals surface area (Å²) in [5.74, 6) is 6.06. The van der Waals surface area contributed by atoms with Crippen LogP contribution in [0.15, 0.2) is 46.8 Å². The van der Waals surface area contributed by atoms with Gasteiger partial charge in [-0.25, -0.2) is 23.2 Å². The van der Waals surface area contributed by atoms with Crippen LogP contribution in [-0.2, 0) is 16.4 Å². The normalized spacial score (nSPS) is 18.1. The second kappa shape index (κ2) is 13.9. The molecule has 1 N–H and O–H groups in total. The maximum Gasteiger partial charge on any atom is 0.338 e. The zero-order valence-corrected chi connectivity index (χ0v) is 31.0. The number of carboxylic acids is 1. The van der Waals surface area contributed by atoms with Gasteiger partial charge in [-0.05, 0) is 56.9 Å². The van der Waals surface area contributed by atoms with Crippen molar-refractivity contribution in [3.05, 3.63) is 79.9 Å². The molecular weight excluding hydrogens is 722 g/mol. The minimum absolute atomic E-state index is 0.00176. The number of carboxylic acid groups (broad SMARTS) is 1. The van der Waals surface area contributed by atoms with E-state index >= 15 is 0 Å². The van der Waals surface area contributed by atoms with Crippen LogP contribution in [0.2, 0.25) is 5.02 Å². The van der Waals surface area contributed by atoms with Gasteiger partial charge in [-0.2, -0.15) is 5.26 Å². The van der Waals surface area contributed by atoms with Crippen molar-refractivity contribution < 1.29 is 18.3 Å². The molecule has 0 unspecified atom stereocenters. The van der Waals surface area contributed by atoms with Crippen molar-refractivity contribution in [3.8, 4) is 29.0 Å². The molecule has 0 bridgehead atoms. The van der Waals surface area contributed by atoms with E-state index in [0.29, 0.717) is 56.4 Å². The Morgan fingerprint density at radius 1 is 1.17 bits per heavy atom. The molecule has 12 nitrogen and oxygen atoms in total. The smallest absolute Gasteiger partial charge is 0.338 e. The second-order valence-electron chi connectivity index (χ2n) is 13.3. The van der Waals surface area contributed by atoms with Gasteiger partial charge in [-0.1, -0.05) is 23.4 Å². The highest BCUT2D eigenvalue weighted by Gasteiger charge is 2.40. The lowest BCUT2D eigenvalue weighted by atomic mass is 9.88. The third kappa shape index (κ3) is 6.52. The Kier molecular flexibility index (Phi) is 9.52. The van der Waals surface area contributed by atoms with Crippen LogP contribution >= 0.6 is 22.9 Å². The number of piperidine rings is 1. The number of carbonyl (C=O) groups is 1. The van der Waals surface area contributed by atoms with Gasteiger partial charge in [-0.15, -0.1) is 11.3 Å². The number of benzene rings is 1. The van der Waals surface area contributed by atoms with Gasteiger partial charge >= 0.3 is 5.97 Å². The molecule has 1 aliphatic heterocycles. The zero-order chi connectivity index (χ0) is 36.9. The van der Waals surface area contributed by atoms with Crippen LogP contribution in [0.25, 0.3) is 32.2 Å². The summed E-state index contributed by atoms with van der Waals surface area (Å²) in [6, 6.07) is 9.66. The van der Waals surface area contributed by atoms with E-state index in [1.165, 1.54) is 28.4 Å². The molecular formula is C37H34ClN7O5S2. The number of hydrogen-bond acceptors (Lipinski definition) is 11. The molecule has 5 heterocycles. The minimum Gasteiger partial charge on any atom is -0.478 e. The quantitative estimate of drug-likeness (QED) is 0.219. The molecule has 52 heavy (non-hydrogen) atoms. The van der Waals surface area contributed by atoms with E-state index in [0.717, 1.165) is 31.5 Å². The Morgan fingerprint density at radius 3 is 2.62 bits per heavy atom. The van der Waals surface area contributed by atoms with Crippen LogP contribution < -0.4 is 10.5 Å². The number of rotatable bonds is 7. The van der Waals surface area contributed by atoms with E-state index in [4.69, 9.17) is 11.6 Å². The molecule has 0 amide bonds. The van der Waals surface area contributed by atoms with Crippen LogP contribution in [-0.4, -0.2) is 87.6 Å². The Morgan fingerprint density at radius 2 is 1.92 bits per heavy atom. The molecule has 1 saturated carbocycles. The maximum absolute atomic E-state index is 14.1. The van der Waals surface area contributed by atoms with Gasteiger partial charge in [0.05, 0.1) is 44.7 Å². The number of aromatic nitrogens is 4. The predicted octanol–water partition coefficient (Wildman–Crippen LogP) is 5.13. The lowest BCUT2D eigenvalue weighted by Gasteiger charge is -2.46. The average molecular weight is 756 g/mol. The third-order valence-electron chi connectivity index (χ3n) is 10.3. The monoisotopic (exact) mass is 755 g/mol. The highest BCUT2D eigenvalue weighted by atomic mass is 35.5. The molecule has 15 heteroatoms. The topological polar surface area (TPSA) is 162 Å². The minimum atomic E-state index is -3.01. The number of anilines is 1. The highest BCUT2D eigenvalue weighted by molar-refractivity contribution is 7.91. The molecule has 7 rings (SSSR count). The van der Waals surface area contributed by atoms with Gasteiger partial charge in [0.2, 0.25) is 0 Å². The number of aryl methyl sites for hydroxylation is 1. The summed E-state index contributed by atoms with van der Waals surface area (Å²) in [6.45, 7) is 3.34. The number of likely N-dealkylation sites (tertiary alicyclic amines) is 1. The number of thiophene rings is 1. The van der Waals surface area contributed by atoms with Gasteiger partial charge in [0.15, 0.2) is 0 Å². The van der Waals surface area contributed by atoms with Gasteiger partial charge < -0.3 is 14.9 Å². The first-order valence-corrected chi connectivity index (χ1v) is 19.9. The highest BCUT2D eigenvalue weighted by Crippen LogP contribution is 2.37. The van der Waals surface area contributed by atoms with E-state index < -0.39 is 21.4 Å². The van der Waals surface area contributed by atoms with Crippen LogP contribution in [0.5, 0.6) is 0 Å². The van der Waals surface area contributed by atoms with Crippen molar-refractivity contribution in [2.24, 2.45) is 0 Å². The SMILES string of the molecule is Cc1nc2cnc(N(C)C3CCN(C4CC(S(C)(=O)=O)C4)CC3)c(C#N)c2c(=O)n1CC#Cc1ccc(Cl)cc1-c1ccnc2c(C(=O)O)csc12. The first-order valence-electron chi connectivity index (χ1n) is 16.7. The summed E-state index contributed by atoms with van der Waals surface area (Å²) < 4.78 is 25.9. The van der Waals surface area contributed by atoms with Crippen LogP contribution in [0.3, 0.4) is 0 Å². The third-order valence-corrected chi connectivity index (χ3v) is 13.1. The number of hydrogen-bond donors (Lipinski definition) is 1. The summed E-state index contributed by atoms with van der Waals surface area (Å²) >= 11 is 7.68. The average Bonchev–Trinajstić information content (AvgIpc) is 3.53. The Balaban J connectivity index is 1.15. The summed E-state index contributed by atoms with van der Waals surface area (Å²) in [5.41, 5.74) is 2.69. The number of nitrogens with zero attached hydrogens (tertiary/aromatic N) is 7. The summed E-state index contributed by atoms with van der Waals surface area (Å²) in [4.78, 5) is 43.7. The van der Waals surface area contributed by atoms with Gasteiger partial charge in [0, 0.05) is 71.8 Å². The first kappa shape index (κ1) is 35.5. The molecule has 266 valence electrons. The first-order chi connectivity index (χ1) is 24.8. The van der Waals surface area contributed by atoms with Crippen molar-refractivity contribution in [1.82, 2.24) is 24.4 Å². The van der Waals surface area contributed by atoms with E-state index in [1.807, 2.05) is 11.9 Å². The van der Waals surface area contributed by atoms with Crippen LogP contribution in [0.4, 0.5) is 5.82 Å². The maximum atomic E-state index is 14.1. The summed E-state index contributed by atoms with van der Waals surface area (Å²) in [7, 11) is -1.12. The van der Waals surface area contributed by atoms with Crippen molar-refractivity contribution in [2.45, 2.75) is 56.5 Å². The lowest BCUT2D eigenvalue weighted by molar-refractivity contribution is 0.0699. The van der Waals surface area contributed by atoms with Crippen LogP contribution in [0.1, 0.15) is 53.0 Å². The van der Waals surface area contributed by atoms with E-state index in [9.17, 15) is 28.4 Å². The standard InChI is InChI=1S/C37H34ClN7O5S2/c1-21-42-31-19-41-35(43(2)24-9-13-44(14-10-24)25-16-26(17-25)52(3,49)50)29(18-39)32(31)36(46)45(21)12-4-5-22-6-7-23(38)15-28(22)27-8-11-40-33-30(37(47)48)20-51-34(27)33/h6-8,11,15,19-20,24-26H,9-10,12-14,16-17H2,1-3H3,(H,47,48). The Labute approximate surface area is 309 Å². The van der Waals surface area contributed by atoms with Crippen molar-refractivity contribution >= 4 is 65.7 Å². The predicted molar refractivity (Wildman–Crippen MR) is 202 cm³/mol. The fraction of sp³-hybridized carbons (Fsp3) is 0.351. The van der Waals surface area contributed by atoms with Crippen LogP contribution in [0, 0.1) is 30.1 Å². The molecule has 2 fully saturated rings. The second-order valence-corrected chi connectivity index (χ2v) is 17.0. The Bertz CT molecular complexity index is 2540. The summed E-state index contributed by atoms with van der Waals surface area (Å²) in [6.07, 6.45) is 7.39. The van der Waals surface area contributed by atoms with Crippen molar-refractivity contribution in [2.75, 3.05) is 31.3 Å². The van der Waals surface area contributed by atoms with E-state index in [1.54, 1.807) is 42.8 Å². The van der Waals surface area contributed by atoms with Crippen molar-refractivity contribution in [3.63, 3.8) is 0 Å². The largest absolute Gasteiger partial charge is 0.478 e. The molecule has 0 spiro atoms. The van der Waals surface area contributed by atoms with E-state index in [2.05, 4.69) is 37.8 Å². The number of sulfone groups is 1. The zero-order valence-electron chi connectivity index (χ0n) is 28.6. The van der Waals surface area contributed by atoms with Gasteiger partial charge in [-0.3, -0.25) is 14.3 Å². The fourth-order valence-corrected chi connectivity index (χ4v) is 9.57. The number of nitriles is 1. The fourth-order valence-electron chi connectivity index (χ4n) is 7.22.